The Morgan fingerprint density at radius 2 is 1.72 bits per heavy atom. The average Bonchev–Trinajstić information content (AvgIpc) is 2.75. The molecule has 0 radical (unpaired) electrons. The van der Waals surface area contributed by atoms with Gasteiger partial charge in [-0.2, -0.15) is 4.72 Å². The number of amides is 1. The van der Waals surface area contributed by atoms with Crippen LogP contribution in [0.3, 0.4) is 0 Å². The number of nitrogens with one attached hydrogen (secondary N) is 1. The summed E-state index contributed by atoms with van der Waals surface area (Å²) in [6, 6.07) is 8.79. The van der Waals surface area contributed by atoms with E-state index in [2.05, 4.69) is 11.6 Å². The summed E-state index contributed by atoms with van der Waals surface area (Å²) in [5.74, 6) is 0.288. The molecule has 1 saturated heterocycles. The number of nitrogen functional groups attached to an aromatic ring is 1. The molecule has 1 aliphatic heterocycles. The summed E-state index contributed by atoms with van der Waals surface area (Å²) in [5, 5.41) is 0.633. The summed E-state index contributed by atoms with van der Waals surface area (Å²) in [7, 11) is -4.09. The number of hydrogen-bond acceptors (Lipinski definition) is 4. The minimum atomic E-state index is -4.09. The SMILES string of the molecule is CC1CCN(C(=O)C(CCc2ccccc2Cl)NS(=O)(=O)c2cc(Cl)c(N)c(Cl)c2)CC1. The molecule has 3 N–H and O–H groups in total. The molecular weight excluding hydrogens is 493 g/mol. The number of piperidine rings is 1. The molecule has 0 bridgehead atoms. The first-order valence-electron chi connectivity index (χ1n) is 10.4. The molecule has 3 rings (SSSR count). The number of benzene rings is 2. The van der Waals surface area contributed by atoms with Gasteiger partial charge in [-0.05, 0) is 55.4 Å². The Morgan fingerprint density at radius 1 is 1.12 bits per heavy atom. The highest BCUT2D eigenvalue weighted by Gasteiger charge is 2.31. The molecular formula is C22H26Cl3N3O3S. The zero-order valence-electron chi connectivity index (χ0n) is 17.7. The lowest BCUT2D eigenvalue weighted by molar-refractivity contribution is -0.134. The van der Waals surface area contributed by atoms with Gasteiger partial charge in [-0.3, -0.25) is 4.79 Å². The molecule has 1 unspecified atom stereocenters. The molecule has 174 valence electrons. The van der Waals surface area contributed by atoms with Crippen molar-refractivity contribution in [3.8, 4) is 0 Å². The minimum absolute atomic E-state index is 0.0295. The van der Waals surface area contributed by atoms with E-state index in [0.717, 1.165) is 18.4 Å². The van der Waals surface area contributed by atoms with Crippen molar-refractivity contribution in [2.45, 2.75) is 43.5 Å². The number of anilines is 1. The second-order valence-corrected chi connectivity index (χ2v) is 11.0. The molecule has 0 spiro atoms. The first kappa shape index (κ1) is 25.1. The molecule has 2 aromatic rings. The molecule has 32 heavy (non-hydrogen) atoms. The highest BCUT2D eigenvalue weighted by molar-refractivity contribution is 7.89. The van der Waals surface area contributed by atoms with Crippen molar-refractivity contribution in [1.82, 2.24) is 9.62 Å². The Hall–Kier alpha value is -1.51. The van der Waals surface area contributed by atoms with Gasteiger partial charge in [0.2, 0.25) is 15.9 Å². The monoisotopic (exact) mass is 517 g/mol. The first-order chi connectivity index (χ1) is 15.1. The number of carbonyl (C=O) groups is 1. The second-order valence-electron chi connectivity index (χ2n) is 8.11. The third-order valence-corrected chi connectivity index (χ3v) is 8.16. The Kier molecular flexibility index (Phi) is 8.33. The Labute approximate surface area is 204 Å². The Morgan fingerprint density at radius 3 is 2.31 bits per heavy atom. The van der Waals surface area contributed by atoms with E-state index < -0.39 is 16.1 Å². The summed E-state index contributed by atoms with van der Waals surface area (Å²) in [4.78, 5) is 14.9. The van der Waals surface area contributed by atoms with Crippen LogP contribution in [0, 0.1) is 5.92 Å². The fraction of sp³-hybridized carbons (Fsp3) is 0.409. The van der Waals surface area contributed by atoms with Crippen LogP contribution in [0.4, 0.5) is 5.69 Å². The fourth-order valence-electron chi connectivity index (χ4n) is 3.65. The standard InChI is InChI=1S/C22H26Cl3N3O3S/c1-14-8-10-28(11-9-14)22(29)20(7-6-15-4-2-3-5-17(15)23)27-32(30,31)16-12-18(24)21(26)19(25)13-16/h2-5,12-14,20,27H,6-11,26H2,1H3. The maximum Gasteiger partial charge on any atom is 0.241 e. The number of rotatable bonds is 7. The van der Waals surface area contributed by atoms with Gasteiger partial charge in [-0.15, -0.1) is 0 Å². The number of nitrogens with two attached hydrogens (primary N) is 1. The molecule has 6 nitrogen and oxygen atoms in total. The van der Waals surface area contributed by atoms with Crippen molar-refractivity contribution in [2.75, 3.05) is 18.8 Å². The quantitative estimate of drug-likeness (QED) is 0.517. The zero-order valence-corrected chi connectivity index (χ0v) is 20.7. The van der Waals surface area contributed by atoms with E-state index in [1.165, 1.54) is 12.1 Å². The lowest BCUT2D eigenvalue weighted by Crippen LogP contribution is -2.50. The first-order valence-corrected chi connectivity index (χ1v) is 13.0. The van der Waals surface area contributed by atoms with E-state index in [1.54, 1.807) is 11.0 Å². The molecule has 0 saturated carbocycles. The molecule has 1 atom stereocenters. The molecule has 1 fully saturated rings. The minimum Gasteiger partial charge on any atom is -0.396 e. The van der Waals surface area contributed by atoms with Crippen molar-refractivity contribution < 1.29 is 13.2 Å². The highest BCUT2D eigenvalue weighted by Crippen LogP contribution is 2.31. The van der Waals surface area contributed by atoms with E-state index in [4.69, 9.17) is 40.5 Å². The van der Waals surface area contributed by atoms with E-state index in [1.807, 2.05) is 18.2 Å². The second kappa shape index (κ2) is 10.6. The number of carbonyl (C=O) groups excluding carboxylic acids is 1. The van der Waals surface area contributed by atoms with Gasteiger partial charge in [0.05, 0.1) is 20.6 Å². The van der Waals surface area contributed by atoms with Gasteiger partial charge in [0.1, 0.15) is 6.04 Å². The summed E-state index contributed by atoms with van der Waals surface area (Å²) in [6.45, 7) is 3.35. The Bertz CT molecular complexity index is 1060. The number of likely N-dealkylation sites (tertiary alicyclic amines) is 1. The predicted molar refractivity (Wildman–Crippen MR) is 130 cm³/mol. The summed E-state index contributed by atoms with van der Waals surface area (Å²) >= 11 is 18.3. The van der Waals surface area contributed by atoms with E-state index in [-0.39, 0.29) is 33.0 Å². The highest BCUT2D eigenvalue weighted by atomic mass is 35.5. The predicted octanol–water partition coefficient (Wildman–Crippen LogP) is 4.77. The maximum absolute atomic E-state index is 13.3. The van der Waals surface area contributed by atoms with E-state index in [9.17, 15) is 13.2 Å². The van der Waals surface area contributed by atoms with Crippen molar-refractivity contribution in [3.05, 3.63) is 57.0 Å². The number of halogens is 3. The van der Waals surface area contributed by atoms with Gasteiger partial charge < -0.3 is 10.6 Å². The smallest absolute Gasteiger partial charge is 0.241 e. The summed E-state index contributed by atoms with van der Waals surface area (Å²) in [6.07, 6.45) is 2.47. The summed E-state index contributed by atoms with van der Waals surface area (Å²) < 4.78 is 28.8. The van der Waals surface area contributed by atoms with Crippen LogP contribution < -0.4 is 10.5 Å². The zero-order chi connectivity index (χ0) is 23.5. The molecule has 1 amide bonds. The summed E-state index contributed by atoms with van der Waals surface area (Å²) in [5.41, 5.74) is 6.67. The average molecular weight is 519 g/mol. The van der Waals surface area contributed by atoms with Crippen LogP contribution in [0.5, 0.6) is 0 Å². The molecule has 10 heteroatoms. The molecule has 0 aromatic heterocycles. The van der Waals surface area contributed by atoms with Crippen molar-refractivity contribution >= 4 is 56.4 Å². The van der Waals surface area contributed by atoms with Crippen LogP contribution in [-0.4, -0.2) is 38.4 Å². The van der Waals surface area contributed by atoms with Crippen LogP contribution in [-0.2, 0) is 21.2 Å². The van der Waals surface area contributed by atoms with E-state index in [0.29, 0.717) is 30.5 Å². The van der Waals surface area contributed by atoms with Gasteiger partial charge in [-0.25, -0.2) is 8.42 Å². The number of aryl methyl sites for hydroxylation is 1. The topological polar surface area (TPSA) is 92.5 Å². The maximum atomic E-state index is 13.3. The van der Waals surface area contributed by atoms with Gasteiger partial charge >= 0.3 is 0 Å². The normalized spacial score (nSPS) is 16.2. The fourth-order valence-corrected chi connectivity index (χ4v) is 5.78. The lowest BCUT2D eigenvalue weighted by Gasteiger charge is -2.33. The van der Waals surface area contributed by atoms with Crippen LogP contribution in [0.15, 0.2) is 41.3 Å². The van der Waals surface area contributed by atoms with Gasteiger partial charge in [0, 0.05) is 18.1 Å². The Balaban J connectivity index is 1.85. The molecule has 2 aromatic carbocycles. The number of sulfonamides is 1. The van der Waals surface area contributed by atoms with Crippen molar-refractivity contribution in [3.63, 3.8) is 0 Å². The third-order valence-electron chi connectivity index (χ3n) is 5.71. The van der Waals surface area contributed by atoms with Crippen LogP contribution in [0.1, 0.15) is 31.7 Å². The molecule has 1 aliphatic rings. The third kappa shape index (κ3) is 6.08. The van der Waals surface area contributed by atoms with Crippen molar-refractivity contribution in [2.24, 2.45) is 5.92 Å². The van der Waals surface area contributed by atoms with Crippen LogP contribution in [0.2, 0.25) is 15.1 Å². The number of nitrogens with zero attached hydrogens (tertiary/aromatic N) is 1. The molecule has 1 heterocycles. The van der Waals surface area contributed by atoms with Crippen LogP contribution >= 0.6 is 34.8 Å². The largest absolute Gasteiger partial charge is 0.396 e. The number of hydrogen-bond donors (Lipinski definition) is 2. The van der Waals surface area contributed by atoms with Gasteiger partial charge in [-0.1, -0.05) is 59.9 Å². The van der Waals surface area contributed by atoms with Crippen LogP contribution in [0.25, 0.3) is 0 Å². The lowest BCUT2D eigenvalue weighted by atomic mass is 9.98. The van der Waals surface area contributed by atoms with Gasteiger partial charge in [0.25, 0.3) is 0 Å². The van der Waals surface area contributed by atoms with E-state index >= 15 is 0 Å². The van der Waals surface area contributed by atoms with Gasteiger partial charge in [0.15, 0.2) is 0 Å². The molecule has 0 aliphatic carbocycles. The van der Waals surface area contributed by atoms with Crippen molar-refractivity contribution in [1.29, 1.82) is 0 Å².